The van der Waals surface area contributed by atoms with E-state index >= 15 is 0 Å². The van der Waals surface area contributed by atoms with E-state index < -0.39 is 20.0 Å². The smallest absolute Gasteiger partial charge is 0.252 e. The van der Waals surface area contributed by atoms with Gasteiger partial charge in [-0.3, -0.25) is 4.79 Å². The second kappa shape index (κ2) is 9.01. The lowest BCUT2D eigenvalue weighted by Crippen LogP contribution is -2.54. The number of hydrogen-bond donors (Lipinski definition) is 0. The Bertz CT molecular complexity index is 934. The number of amides is 1. The molecule has 1 aromatic rings. The third-order valence-corrected chi connectivity index (χ3v) is 10.9. The highest BCUT2D eigenvalue weighted by molar-refractivity contribution is 7.91. The molecule has 0 radical (unpaired) electrons. The summed E-state index contributed by atoms with van der Waals surface area (Å²) in [6.07, 6.45) is 1.90. The molecule has 29 heavy (non-hydrogen) atoms. The van der Waals surface area contributed by atoms with Gasteiger partial charge < -0.3 is 4.90 Å². The van der Waals surface area contributed by atoms with E-state index in [1.807, 2.05) is 13.8 Å². The van der Waals surface area contributed by atoms with Crippen LogP contribution in [-0.4, -0.2) is 81.3 Å². The third-order valence-electron chi connectivity index (χ3n) is 5.45. The number of nitrogens with zero attached hydrogens (tertiary/aromatic N) is 3. The molecule has 164 valence electrons. The maximum Gasteiger partial charge on any atom is 0.252 e. The first-order chi connectivity index (χ1) is 13.6. The molecule has 1 atom stereocenters. The molecule has 0 aromatic carbocycles. The molecule has 1 amide bonds. The summed E-state index contributed by atoms with van der Waals surface area (Å²) in [5.41, 5.74) is 0. The van der Waals surface area contributed by atoms with Gasteiger partial charge in [0.1, 0.15) is 4.21 Å². The van der Waals surface area contributed by atoms with Crippen LogP contribution < -0.4 is 0 Å². The number of rotatable bonds is 6. The van der Waals surface area contributed by atoms with Crippen molar-refractivity contribution in [1.29, 1.82) is 0 Å². The topological polar surface area (TPSA) is 95.1 Å². The van der Waals surface area contributed by atoms with E-state index in [0.717, 1.165) is 4.88 Å². The van der Waals surface area contributed by atoms with Gasteiger partial charge >= 0.3 is 0 Å². The molecule has 0 spiro atoms. The monoisotopic (exact) mass is 463 g/mol. The van der Waals surface area contributed by atoms with Gasteiger partial charge in [0.15, 0.2) is 0 Å². The van der Waals surface area contributed by atoms with E-state index in [9.17, 15) is 21.6 Å². The minimum Gasteiger partial charge on any atom is -0.340 e. The quantitative estimate of drug-likeness (QED) is 0.635. The molecule has 3 heterocycles. The molecular formula is C18H29N3O5S3. The molecule has 2 aliphatic rings. The maximum absolute atomic E-state index is 13.0. The van der Waals surface area contributed by atoms with Crippen molar-refractivity contribution in [2.75, 3.05) is 45.0 Å². The van der Waals surface area contributed by atoms with Crippen LogP contribution in [0, 0.1) is 12.8 Å². The second-order valence-corrected chi connectivity index (χ2v) is 13.1. The van der Waals surface area contributed by atoms with Crippen molar-refractivity contribution in [3.8, 4) is 0 Å². The van der Waals surface area contributed by atoms with Crippen molar-refractivity contribution < 1.29 is 21.6 Å². The van der Waals surface area contributed by atoms with Gasteiger partial charge in [-0.05, 0) is 38.3 Å². The van der Waals surface area contributed by atoms with Gasteiger partial charge in [-0.25, -0.2) is 21.1 Å². The highest BCUT2D eigenvalue weighted by atomic mass is 32.2. The summed E-state index contributed by atoms with van der Waals surface area (Å²) in [7, 11) is -6.83. The Morgan fingerprint density at radius 2 is 1.76 bits per heavy atom. The van der Waals surface area contributed by atoms with Crippen LogP contribution in [0.4, 0.5) is 0 Å². The lowest BCUT2D eigenvalue weighted by Gasteiger charge is -2.38. The van der Waals surface area contributed by atoms with Gasteiger partial charge in [0.2, 0.25) is 15.9 Å². The number of sulfonamides is 2. The Kier molecular flexibility index (Phi) is 7.04. The van der Waals surface area contributed by atoms with Crippen molar-refractivity contribution >= 4 is 37.3 Å². The number of aryl methyl sites for hydroxylation is 1. The Hall–Kier alpha value is -1.01. The Morgan fingerprint density at radius 1 is 1.07 bits per heavy atom. The Balaban J connectivity index is 1.60. The molecular weight excluding hydrogens is 434 g/mol. The van der Waals surface area contributed by atoms with E-state index in [4.69, 9.17) is 0 Å². The summed E-state index contributed by atoms with van der Waals surface area (Å²) in [4.78, 5) is 15.6. The number of piperazine rings is 1. The van der Waals surface area contributed by atoms with Crippen LogP contribution in [0.25, 0.3) is 0 Å². The van der Waals surface area contributed by atoms with Gasteiger partial charge in [-0.15, -0.1) is 11.3 Å². The lowest BCUT2D eigenvalue weighted by molar-refractivity contribution is -0.137. The SMILES string of the molecule is CCCS(=O)(=O)N1CCCC(C(=O)N2CCN(S(=O)(=O)c3ccc(C)s3)CC2)C1. The fourth-order valence-electron chi connectivity index (χ4n) is 3.87. The normalized spacial score (nSPS) is 22.7. The van der Waals surface area contributed by atoms with Crippen LogP contribution >= 0.6 is 11.3 Å². The van der Waals surface area contributed by atoms with Crippen LogP contribution in [0.2, 0.25) is 0 Å². The zero-order valence-electron chi connectivity index (χ0n) is 16.9. The summed E-state index contributed by atoms with van der Waals surface area (Å²) in [5.74, 6) is -0.309. The van der Waals surface area contributed by atoms with Crippen LogP contribution in [0.15, 0.2) is 16.3 Å². The molecule has 0 N–H and O–H groups in total. The third kappa shape index (κ3) is 5.01. The van der Waals surface area contributed by atoms with Crippen molar-refractivity contribution in [2.45, 2.75) is 37.3 Å². The molecule has 0 bridgehead atoms. The predicted molar refractivity (Wildman–Crippen MR) is 113 cm³/mol. The first-order valence-corrected chi connectivity index (χ1v) is 13.8. The van der Waals surface area contributed by atoms with Gasteiger partial charge in [-0.1, -0.05) is 6.92 Å². The first kappa shape index (κ1) is 22.7. The average Bonchev–Trinajstić information content (AvgIpc) is 3.15. The van der Waals surface area contributed by atoms with Crippen LogP contribution in [0.1, 0.15) is 31.1 Å². The zero-order chi connectivity index (χ0) is 21.2. The van der Waals surface area contributed by atoms with E-state index in [1.165, 1.54) is 19.9 Å². The van der Waals surface area contributed by atoms with Crippen LogP contribution in [0.5, 0.6) is 0 Å². The molecule has 0 aliphatic carbocycles. The molecule has 3 rings (SSSR count). The molecule has 1 aromatic heterocycles. The van der Waals surface area contributed by atoms with Crippen LogP contribution in [0.3, 0.4) is 0 Å². The summed E-state index contributed by atoms with van der Waals surface area (Å²) in [6, 6.07) is 3.42. The molecule has 8 nitrogen and oxygen atoms in total. The van der Waals surface area contributed by atoms with Gasteiger partial charge in [-0.2, -0.15) is 4.31 Å². The van der Waals surface area contributed by atoms with Crippen molar-refractivity contribution in [2.24, 2.45) is 5.92 Å². The van der Waals surface area contributed by atoms with Gasteiger partial charge in [0.25, 0.3) is 10.0 Å². The molecule has 2 saturated heterocycles. The Labute approximate surface area is 177 Å². The van der Waals surface area contributed by atoms with E-state index in [2.05, 4.69) is 0 Å². The summed E-state index contributed by atoms with van der Waals surface area (Å²) < 4.78 is 53.4. The number of piperidine rings is 1. The Morgan fingerprint density at radius 3 is 2.34 bits per heavy atom. The zero-order valence-corrected chi connectivity index (χ0v) is 19.4. The molecule has 0 saturated carbocycles. The maximum atomic E-state index is 13.0. The summed E-state index contributed by atoms with van der Waals surface area (Å²) >= 11 is 1.25. The second-order valence-electron chi connectivity index (χ2n) is 7.61. The van der Waals surface area contributed by atoms with Gasteiger partial charge in [0, 0.05) is 44.1 Å². The predicted octanol–water partition coefficient (Wildman–Crippen LogP) is 1.34. The van der Waals surface area contributed by atoms with Gasteiger partial charge in [0.05, 0.1) is 11.7 Å². The largest absolute Gasteiger partial charge is 0.340 e. The minimum absolute atomic E-state index is 0.0644. The van der Waals surface area contributed by atoms with Crippen LogP contribution in [-0.2, 0) is 24.8 Å². The standard InChI is InChI=1S/C18H29N3O5S3/c1-3-13-28(23,24)21-8-4-5-16(14-21)18(22)19-9-11-20(12-10-19)29(25,26)17-7-6-15(2)27-17/h6-7,16H,3-5,8-14H2,1-2H3. The van der Waals surface area contributed by atoms with E-state index in [1.54, 1.807) is 17.0 Å². The fourth-order valence-corrected chi connectivity index (χ4v) is 8.32. The fraction of sp³-hybridized carbons (Fsp3) is 0.722. The molecule has 11 heteroatoms. The van der Waals surface area contributed by atoms with Crippen molar-refractivity contribution in [3.63, 3.8) is 0 Å². The summed E-state index contributed by atoms with van der Waals surface area (Å²) in [5, 5.41) is 0. The van der Waals surface area contributed by atoms with E-state index in [0.29, 0.717) is 43.1 Å². The lowest BCUT2D eigenvalue weighted by atomic mass is 9.98. The average molecular weight is 464 g/mol. The van der Waals surface area contributed by atoms with Crippen molar-refractivity contribution in [1.82, 2.24) is 13.5 Å². The molecule has 2 fully saturated rings. The highest BCUT2D eigenvalue weighted by Gasteiger charge is 2.36. The van der Waals surface area contributed by atoms with Crippen molar-refractivity contribution in [3.05, 3.63) is 17.0 Å². The summed E-state index contributed by atoms with van der Waals surface area (Å²) in [6.45, 7) is 5.59. The molecule has 2 aliphatic heterocycles. The molecule has 1 unspecified atom stereocenters. The minimum atomic E-state index is -3.52. The van der Waals surface area contributed by atoms with E-state index in [-0.39, 0.29) is 37.2 Å². The number of hydrogen-bond acceptors (Lipinski definition) is 6. The highest BCUT2D eigenvalue weighted by Crippen LogP contribution is 2.26. The number of carbonyl (C=O) groups is 1. The number of carbonyl (C=O) groups excluding carboxylic acids is 1. The first-order valence-electron chi connectivity index (χ1n) is 9.98. The number of thiophene rings is 1.